The quantitative estimate of drug-likeness (QED) is 0.867. The Kier molecular flexibility index (Phi) is 4.05. The minimum atomic E-state index is 0.136. The van der Waals surface area contributed by atoms with Crippen molar-refractivity contribution in [3.8, 4) is 0 Å². The molecular formula is C9H11BrN2O. The number of nitrogens with two attached hydrogens (primary N) is 1. The number of nitrogens with zero attached hydrogens (tertiary/aromatic N) is 1. The number of carbonyl (C=O) groups excluding carboxylic acids is 1. The fourth-order valence-corrected chi connectivity index (χ4v) is 1.20. The molecule has 1 aromatic heterocycles. The monoisotopic (exact) mass is 242 g/mol. The van der Waals surface area contributed by atoms with Gasteiger partial charge in [-0.25, -0.2) is 0 Å². The standard InChI is InChI=1S/C9H11BrN2O/c10-7-1-2-8(12-6-7)5-9(13)3-4-11/h1-2,6H,3-5,11H2. The summed E-state index contributed by atoms with van der Waals surface area (Å²) in [4.78, 5) is 15.3. The third-order valence-corrected chi connectivity index (χ3v) is 2.06. The molecule has 1 rings (SSSR count). The Morgan fingerprint density at radius 1 is 1.54 bits per heavy atom. The Bertz CT molecular complexity index is 284. The van der Waals surface area contributed by atoms with E-state index in [9.17, 15) is 4.79 Å². The predicted octanol–water partition coefficient (Wildman–Crippen LogP) is 1.30. The van der Waals surface area contributed by atoms with Gasteiger partial charge in [-0.1, -0.05) is 0 Å². The van der Waals surface area contributed by atoms with E-state index in [1.807, 2.05) is 12.1 Å². The topological polar surface area (TPSA) is 56.0 Å². The fourth-order valence-electron chi connectivity index (χ4n) is 0.962. The Morgan fingerprint density at radius 2 is 2.31 bits per heavy atom. The van der Waals surface area contributed by atoms with Crippen LogP contribution < -0.4 is 5.73 Å². The minimum absolute atomic E-state index is 0.136. The largest absolute Gasteiger partial charge is 0.330 e. The molecule has 1 heterocycles. The first-order chi connectivity index (χ1) is 6.22. The van der Waals surface area contributed by atoms with Gasteiger partial charge < -0.3 is 5.73 Å². The second-order valence-corrected chi connectivity index (χ2v) is 3.64. The molecule has 3 nitrogen and oxygen atoms in total. The molecule has 0 amide bonds. The summed E-state index contributed by atoms with van der Waals surface area (Å²) in [5.74, 6) is 0.136. The summed E-state index contributed by atoms with van der Waals surface area (Å²) in [6.45, 7) is 0.412. The maximum absolute atomic E-state index is 11.2. The highest BCUT2D eigenvalue weighted by Crippen LogP contribution is 2.08. The van der Waals surface area contributed by atoms with Crippen molar-refractivity contribution >= 4 is 21.7 Å². The highest BCUT2D eigenvalue weighted by atomic mass is 79.9. The first-order valence-electron chi connectivity index (χ1n) is 4.04. The highest BCUT2D eigenvalue weighted by molar-refractivity contribution is 9.10. The number of Topliss-reactive ketones (excluding diaryl/α,β-unsaturated/α-hetero) is 1. The van der Waals surface area contributed by atoms with E-state index in [-0.39, 0.29) is 5.78 Å². The summed E-state index contributed by atoms with van der Waals surface area (Å²) >= 11 is 3.27. The normalized spacial score (nSPS) is 10.0. The van der Waals surface area contributed by atoms with E-state index in [1.54, 1.807) is 6.20 Å². The third-order valence-electron chi connectivity index (χ3n) is 1.59. The van der Waals surface area contributed by atoms with E-state index in [0.717, 1.165) is 10.2 Å². The number of rotatable bonds is 4. The van der Waals surface area contributed by atoms with Gasteiger partial charge in [0, 0.05) is 29.2 Å². The molecule has 4 heteroatoms. The summed E-state index contributed by atoms with van der Waals surface area (Å²) in [7, 11) is 0. The minimum Gasteiger partial charge on any atom is -0.330 e. The second-order valence-electron chi connectivity index (χ2n) is 2.72. The zero-order valence-electron chi connectivity index (χ0n) is 7.16. The van der Waals surface area contributed by atoms with Gasteiger partial charge >= 0.3 is 0 Å². The van der Waals surface area contributed by atoms with Crippen LogP contribution in [0.3, 0.4) is 0 Å². The molecule has 0 radical (unpaired) electrons. The van der Waals surface area contributed by atoms with Gasteiger partial charge in [0.2, 0.25) is 0 Å². The number of hydrogen-bond donors (Lipinski definition) is 1. The molecule has 70 valence electrons. The van der Waals surface area contributed by atoms with Crippen LogP contribution in [0.4, 0.5) is 0 Å². The lowest BCUT2D eigenvalue weighted by molar-refractivity contribution is -0.118. The SMILES string of the molecule is NCCC(=O)Cc1ccc(Br)cn1. The van der Waals surface area contributed by atoms with Crippen molar-refractivity contribution in [1.29, 1.82) is 0 Å². The summed E-state index contributed by atoms with van der Waals surface area (Å²) in [5, 5.41) is 0. The number of carbonyl (C=O) groups is 1. The lowest BCUT2D eigenvalue weighted by atomic mass is 10.1. The smallest absolute Gasteiger partial charge is 0.140 e. The van der Waals surface area contributed by atoms with Crippen molar-refractivity contribution in [1.82, 2.24) is 4.98 Å². The van der Waals surface area contributed by atoms with Crippen molar-refractivity contribution in [3.63, 3.8) is 0 Å². The summed E-state index contributed by atoms with van der Waals surface area (Å²) in [5.41, 5.74) is 6.05. The maximum Gasteiger partial charge on any atom is 0.140 e. The molecule has 0 aliphatic rings. The van der Waals surface area contributed by atoms with E-state index in [4.69, 9.17) is 5.73 Å². The molecule has 1 aromatic rings. The molecule has 0 aliphatic carbocycles. The zero-order chi connectivity index (χ0) is 9.68. The average Bonchev–Trinajstić information content (AvgIpc) is 2.09. The first-order valence-corrected chi connectivity index (χ1v) is 4.84. The van der Waals surface area contributed by atoms with Gasteiger partial charge in [-0.2, -0.15) is 0 Å². The predicted molar refractivity (Wildman–Crippen MR) is 54.3 cm³/mol. The van der Waals surface area contributed by atoms with E-state index in [1.165, 1.54) is 0 Å². The molecule has 0 bridgehead atoms. The summed E-state index contributed by atoms with van der Waals surface area (Å²) in [6, 6.07) is 3.70. The van der Waals surface area contributed by atoms with Gasteiger partial charge in [0.15, 0.2) is 0 Å². The van der Waals surface area contributed by atoms with Gasteiger partial charge in [-0.05, 0) is 34.6 Å². The van der Waals surface area contributed by atoms with Crippen molar-refractivity contribution in [2.24, 2.45) is 5.73 Å². The third kappa shape index (κ3) is 3.65. The van der Waals surface area contributed by atoms with Crippen molar-refractivity contribution in [2.75, 3.05) is 6.54 Å². The van der Waals surface area contributed by atoms with Crippen LogP contribution in [0.1, 0.15) is 12.1 Å². The summed E-state index contributed by atoms with van der Waals surface area (Å²) in [6.07, 6.45) is 2.49. The van der Waals surface area contributed by atoms with Crippen molar-refractivity contribution < 1.29 is 4.79 Å². The zero-order valence-corrected chi connectivity index (χ0v) is 8.75. The molecule has 0 unspecified atom stereocenters. The number of ketones is 1. The van der Waals surface area contributed by atoms with Crippen molar-refractivity contribution in [2.45, 2.75) is 12.8 Å². The van der Waals surface area contributed by atoms with Crippen LogP contribution in [0, 0.1) is 0 Å². The summed E-state index contributed by atoms with van der Waals surface area (Å²) < 4.78 is 0.919. The van der Waals surface area contributed by atoms with E-state index in [0.29, 0.717) is 19.4 Å². The number of hydrogen-bond acceptors (Lipinski definition) is 3. The van der Waals surface area contributed by atoms with Gasteiger partial charge in [-0.3, -0.25) is 9.78 Å². The van der Waals surface area contributed by atoms with Crippen LogP contribution in [0.2, 0.25) is 0 Å². The highest BCUT2D eigenvalue weighted by Gasteiger charge is 2.02. The molecule has 0 saturated carbocycles. The van der Waals surface area contributed by atoms with Crippen LogP contribution in [0.15, 0.2) is 22.8 Å². The van der Waals surface area contributed by atoms with Crippen LogP contribution in [-0.2, 0) is 11.2 Å². The molecule has 0 atom stereocenters. The maximum atomic E-state index is 11.2. The molecule has 0 fully saturated rings. The second kappa shape index (κ2) is 5.09. The van der Waals surface area contributed by atoms with Crippen LogP contribution in [0.5, 0.6) is 0 Å². The van der Waals surface area contributed by atoms with Gasteiger partial charge in [0.25, 0.3) is 0 Å². The molecule has 0 spiro atoms. The average molecular weight is 243 g/mol. The van der Waals surface area contributed by atoms with Crippen LogP contribution in [0.25, 0.3) is 0 Å². The first kappa shape index (κ1) is 10.3. The van der Waals surface area contributed by atoms with Gasteiger partial charge in [0.05, 0.1) is 0 Å². The van der Waals surface area contributed by atoms with Crippen molar-refractivity contribution in [3.05, 3.63) is 28.5 Å². The Morgan fingerprint density at radius 3 is 2.85 bits per heavy atom. The lowest BCUT2D eigenvalue weighted by Crippen LogP contribution is -2.10. The molecular weight excluding hydrogens is 232 g/mol. The number of aromatic nitrogens is 1. The number of pyridine rings is 1. The van der Waals surface area contributed by atoms with Crippen LogP contribution >= 0.6 is 15.9 Å². The fraction of sp³-hybridized carbons (Fsp3) is 0.333. The molecule has 0 aromatic carbocycles. The molecule has 0 aliphatic heterocycles. The molecule has 13 heavy (non-hydrogen) atoms. The van der Waals surface area contributed by atoms with Gasteiger partial charge in [0.1, 0.15) is 5.78 Å². The van der Waals surface area contributed by atoms with Crippen LogP contribution in [-0.4, -0.2) is 17.3 Å². The van der Waals surface area contributed by atoms with E-state index < -0.39 is 0 Å². The number of halogens is 1. The Balaban J connectivity index is 2.54. The van der Waals surface area contributed by atoms with E-state index in [2.05, 4.69) is 20.9 Å². The lowest BCUT2D eigenvalue weighted by Gasteiger charge is -1.98. The van der Waals surface area contributed by atoms with Gasteiger partial charge in [-0.15, -0.1) is 0 Å². The molecule has 0 saturated heterocycles. The van der Waals surface area contributed by atoms with E-state index >= 15 is 0 Å². The Hall–Kier alpha value is -0.740. The molecule has 2 N–H and O–H groups in total. The Labute approximate surface area is 85.5 Å².